The van der Waals surface area contributed by atoms with Crippen LogP contribution in [0.5, 0.6) is 0 Å². The number of anilines is 2. The van der Waals surface area contributed by atoms with Gasteiger partial charge in [0.25, 0.3) is 0 Å². The second-order valence-electron chi connectivity index (χ2n) is 6.87. The molecule has 2 aliphatic rings. The van der Waals surface area contributed by atoms with E-state index < -0.39 is 0 Å². The average Bonchev–Trinajstić information content (AvgIpc) is 2.73. The van der Waals surface area contributed by atoms with E-state index in [1.54, 1.807) is 23.9 Å². The van der Waals surface area contributed by atoms with Gasteiger partial charge in [-0.3, -0.25) is 9.59 Å². The zero-order valence-electron chi connectivity index (χ0n) is 16.9. The van der Waals surface area contributed by atoms with Crippen LogP contribution in [0.15, 0.2) is 52.3 Å². The van der Waals surface area contributed by atoms with Crippen molar-refractivity contribution in [3.8, 4) is 0 Å². The van der Waals surface area contributed by atoms with E-state index in [-0.39, 0.29) is 11.2 Å². The monoisotopic (exact) mass is 431 g/mol. The van der Waals surface area contributed by atoms with Gasteiger partial charge in [-0.15, -0.1) is 24.4 Å². The highest BCUT2D eigenvalue weighted by atomic mass is 32.2. The highest BCUT2D eigenvalue weighted by molar-refractivity contribution is 8.00. The van der Waals surface area contributed by atoms with Crippen molar-refractivity contribution in [3.63, 3.8) is 0 Å². The van der Waals surface area contributed by atoms with E-state index in [1.807, 2.05) is 32.0 Å². The second kappa shape index (κ2) is 12.6. The van der Waals surface area contributed by atoms with Crippen LogP contribution in [-0.2, 0) is 9.59 Å². The third kappa shape index (κ3) is 8.51. The maximum Gasteiger partial charge on any atom is 0.237 e. The molecular weight excluding hydrogens is 402 g/mol. The Kier molecular flexibility index (Phi) is 10.1. The Morgan fingerprint density at radius 1 is 1.10 bits per heavy atom. The number of hydrogen-bond donors (Lipinski definition) is 4. The van der Waals surface area contributed by atoms with Gasteiger partial charge in [0.1, 0.15) is 0 Å². The number of piperidine rings is 1. The first-order valence-corrected chi connectivity index (χ1v) is 11.1. The molecule has 2 aromatic carbocycles. The smallest absolute Gasteiger partial charge is 0.237 e. The summed E-state index contributed by atoms with van der Waals surface area (Å²) < 4.78 is 0. The molecule has 0 radical (unpaired) electrons. The third-order valence-electron chi connectivity index (χ3n) is 4.37. The van der Waals surface area contributed by atoms with Gasteiger partial charge in [-0.2, -0.15) is 0 Å². The predicted octanol–water partition coefficient (Wildman–Crippen LogP) is 4.73. The number of thioether (sulfide) groups is 1. The highest BCUT2D eigenvalue weighted by Crippen LogP contribution is 2.35. The Labute approximate surface area is 182 Å². The van der Waals surface area contributed by atoms with Crippen molar-refractivity contribution >= 4 is 48.1 Å². The lowest BCUT2D eigenvalue weighted by atomic mass is 10.2. The summed E-state index contributed by atoms with van der Waals surface area (Å²) in [7, 11) is 0. The summed E-state index contributed by atoms with van der Waals surface area (Å²) in [6, 6.07) is 13.3. The molecule has 1 atom stereocenters. The fourth-order valence-corrected chi connectivity index (χ4v) is 3.83. The van der Waals surface area contributed by atoms with Gasteiger partial charge in [-0.05, 0) is 81.7 Å². The van der Waals surface area contributed by atoms with Crippen LogP contribution in [0.25, 0.3) is 0 Å². The number of aryl methyl sites for hydroxylation is 1. The molecule has 3 N–H and O–H groups in total. The lowest BCUT2D eigenvalue weighted by Gasteiger charge is -2.21. The minimum atomic E-state index is 0.0233. The quantitative estimate of drug-likeness (QED) is 0.410. The van der Waals surface area contributed by atoms with Gasteiger partial charge in [0.2, 0.25) is 12.3 Å². The number of fused-ring (bicyclic) bond motifs is 1. The Morgan fingerprint density at radius 2 is 1.79 bits per heavy atom. The molecule has 4 rings (SSSR count). The maximum absolute atomic E-state index is 11.3. The first-order chi connectivity index (χ1) is 14.0. The van der Waals surface area contributed by atoms with Crippen LogP contribution in [-0.4, -0.2) is 30.7 Å². The minimum Gasteiger partial charge on any atom is -0.329 e. The summed E-state index contributed by atoms with van der Waals surface area (Å²) in [4.78, 5) is 23.3. The van der Waals surface area contributed by atoms with Gasteiger partial charge in [0.05, 0.1) is 10.9 Å². The molecule has 0 aliphatic carbocycles. The fourth-order valence-electron chi connectivity index (χ4n) is 2.75. The maximum atomic E-state index is 11.3. The van der Waals surface area contributed by atoms with Crippen molar-refractivity contribution in [2.75, 3.05) is 23.7 Å². The largest absolute Gasteiger partial charge is 0.329 e. The van der Waals surface area contributed by atoms with Crippen LogP contribution < -0.4 is 16.0 Å². The number of nitrogens with one attached hydrogen (secondary N) is 3. The van der Waals surface area contributed by atoms with Gasteiger partial charge in [0, 0.05) is 15.5 Å². The van der Waals surface area contributed by atoms with Crippen LogP contribution in [0, 0.1) is 6.92 Å². The van der Waals surface area contributed by atoms with E-state index >= 15 is 0 Å². The number of hydrogen-bond acceptors (Lipinski definition) is 5. The van der Waals surface area contributed by atoms with Crippen LogP contribution in [0.1, 0.15) is 31.7 Å². The Hall–Kier alpha value is -1.96. The Bertz CT molecular complexity index is 782. The third-order valence-corrected chi connectivity index (χ3v) is 5.84. The van der Waals surface area contributed by atoms with Gasteiger partial charge in [-0.1, -0.05) is 12.5 Å². The van der Waals surface area contributed by atoms with Crippen molar-refractivity contribution in [2.24, 2.45) is 0 Å². The van der Waals surface area contributed by atoms with E-state index in [1.165, 1.54) is 37.9 Å². The van der Waals surface area contributed by atoms with E-state index in [0.717, 1.165) is 21.2 Å². The number of benzene rings is 2. The second-order valence-corrected chi connectivity index (χ2v) is 8.77. The molecule has 156 valence electrons. The molecule has 0 saturated carbocycles. The molecule has 1 saturated heterocycles. The minimum absolute atomic E-state index is 0.0233. The normalized spacial score (nSPS) is 17.3. The molecular formula is C22H29N3O2S2. The summed E-state index contributed by atoms with van der Waals surface area (Å²) in [5.74, 6) is 0.100. The first kappa shape index (κ1) is 23.3. The van der Waals surface area contributed by atoms with Crippen molar-refractivity contribution < 1.29 is 9.59 Å². The molecule has 0 aromatic heterocycles. The van der Waals surface area contributed by atoms with Gasteiger partial charge >= 0.3 is 0 Å². The van der Waals surface area contributed by atoms with Crippen LogP contribution in [0.2, 0.25) is 0 Å². The highest BCUT2D eigenvalue weighted by Gasteiger charge is 2.22. The van der Waals surface area contributed by atoms with Crippen LogP contribution in [0.3, 0.4) is 0 Å². The number of thiol groups is 1. The Balaban J connectivity index is 0.000000166. The molecule has 0 spiro atoms. The molecule has 2 heterocycles. The first-order valence-electron chi connectivity index (χ1n) is 9.77. The molecule has 1 unspecified atom stereocenters. The van der Waals surface area contributed by atoms with Crippen LogP contribution in [0.4, 0.5) is 11.4 Å². The molecule has 0 bridgehead atoms. The van der Waals surface area contributed by atoms with Gasteiger partial charge in [-0.25, -0.2) is 0 Å². The summed E-state index contributed by atoms with van der Waals surface area (Å²) in [5.41, 5.74) is 2.91. The molecule has 2 aliphatic heterocycles. The SMILES string of the molecule is C1CCNCC1.Cc1ccc2c(c1)NC(=O)C(C)S2.O=CNc1ccc(S)cc1. The van der Waals surface area contributed by atoms with Crippen molar-refractivity contribution in [3.05, 3.63) is 48.0 Å². The molecule has 7 heteroatoms. The van der Waals surface area contributed by atoms with Crippen molar-refractivity contribution in [2.45, 2.75) is 48.2 Å². The zero-order chi connectivity index (χ0) is 21.1. The molecule has 29 heavy (non-hydrogen) atoms. The van der Waals surface area contributed by atoms with Gasteiger partial charge < -0.3 is 16.0 Å². The van der Waals surface area contributed by atoms with Gasteiger partial charge in [0.15, 0.2) is 0 Å². The lowest BCUT2D eigenvalue weighted by Crippen LogP contribution is -2.26. The number of carbonyl (C=O) groups excluding carboxylic acids is 2. The number of amides is 2. The van der Waals surface area contributed by atoms with E-state index in [9.17, 15) is 9.59 Å². The number of carbonyl (C=O) groups is 2. The molecule has 5 nitrogen and oxygen atoms in total. The summed E-state index contributed by atoms with van der Waals surface area (Å²) >= 11 is 5.70. The zero-order valence-corrected chi connectivity index (χ0v) is 18.6. The van der Waals surface area contributed by atoms with E-state index in [2.05, 4.69) is 40.7 Å². The summed E-state index contributed by atoms with van der Waals surface area (Å²) in [6.07, 6.45) is 4.86. The van der Waals surface area contributed by atoms with Crippen molar-refractivity contribution in [1.82, 2.24) is 5.32 Å². The summed E-state index contributed by atoms with van der Waals surface area (Å²) in [6.45, 7) is 6.44. The molecule has 2 aromatic rings. The standard InChI is InChI=1S/C10H11NOS.C7H7NOS.C5H11N/c1-6-3-4-9-8(5-6)11-10(12)7(2)13-9;9-5-8-6-1-3-7(10)4-2-6;1-2-4-6-5-3-1/h3-5,7H,1-2H3,(H,11,12);1-5,10H,(H,8,9);6H,1-5H2. The topological polar surface area (TPSA) is 70.2 Å². The molecule has 2 amide bonds. The lowest BCUT2D eigenvalue weighted by molar-refractivity contribution is -0.115. The van der Waals surface area contributed by atoms with E-state index in [4.69, 9.17) is 0 Å². The predicted molar refractivity (Wildman–Crippen MR) is 125 cm³/mol. The fraction of sp³-hybridized carbons (Fsp3) is 0.364. The summed E-state index contributed by atoms with van der Waals surface area (Å²) in [5, 5.41) is 8.72. The number of rotatable bonds is 2. The Morgan fingerprint density at radius 3 is 2.34 bits per heavy atom. The van der Waals surface area contributed by atoms with Crippen molar-refractivity contribution in [1.29, 1.82) is 0 Å². The average molecular weight is 432 g/mol. The van der Waals surface area contributed by atoms with Crippen LogP contribution >= 0.6 is 24.4 Å². The van der Waals surface area contributed by atoms with E-state index in [0.29, 0.717) is 6.41 Å². The molecule has 1 fully saturated rings.